The number of hydrogen-bond donors (Lipinski definition) is 1. The van der Waals surface area contributed by atoms with Crippen LogP contribution in [0.25, 0.3) is 0 Å². The normalized spacial score (nSPS) is 10.5. The second kappa shape index (κ2) is 7.80. The van der Waals surface area contributed by atoms with Crippen molar-refractivity contribution in [1.29, 1.82) is 0 Å². The molecule has 0 saturated carbocycles. The first-order valence-electron chi connectivity index (χ1n) is 7.31. The highest BCUT2D eigenvalue weighted by Crippen LogP contribution is 2.18. The van der Waals surface area contributed by atoms with Crippen molar-refractivity contribution >= 4 is 17.2 Å². The maximum atomic E-state index is 5.66. The van der Waals surface area contributed by atoms with E-state index in [2.05, 4.69) is 26.0 Å². The first-order chi connectivity index (χ1) is 10.6. The lowest BCUT2D eigenvalue weighted by Crippen LogP contribution is -2.10. The third-order valence-electron chi connectivity index (χ3n) is 3.31. The minimum atomic E-state index is 0.389. The topological polar surface area (TPSA) is 44.5 Å². The zero-order valence-corrected chi connectivity index (χ0v) is 13.7. The number of thiocarbonyl (C=S) groups is 1. The summed E-state index contributed by atoms with van der Waals surface area (Å²) in [7, 11) is 0. The Morgan fingerprint density at radius 2 is 1.36 bits per heavy atom. The Hall–Kier alpha value is -2.07. The third-order valence-corrected chi connectivity index (χ3v) is 3.54. The van der Waals surface area contributed by atoms with Crippen molar-refractivity contribution in [3.8, 4) is 11.5 Å². The van der Waals surface area contributed by atoms with Gasteiger partial charge in [0, 0.05) is 5.56 Å². The van der Waals surface area contributed by atoms with Crippen LogP contribution in [0.4, 0.5) is 0 Å². The molecule has 116 valence electrons. The average Bonchev–Trinajstić information content (AvgIpc) is 2.52. The molecule has 2 aromatic carbocycles. The Morgan fingerprint density at radius 3 is 1.77 bits per heavy atom. The summed E-state index contributed by atoms with van der Waals surface area (Å²) in [6.07, 6.45) is 0. The lowest BCUT2D eigenvalue weighted by molar-refractivity contribution is 0.217. The van der Waals surface area contributed by atoms with Crippen LogP contribution in [0.5, 0.6) is 11.5 Å². The standard InChI is InChI=1S/C18H21NO2S/c1-13(2)14-3-7-16(8-4-14)20-11-12-21-17-9-5-15(6-10-17)18(19)22/h3-10,13H,11-12H2,1-2H3,(H2,19,22). The van der Waals surface area contributed by atoms with E-state index in [0.717, 1.165) is 17.1 Å². The number of hydrogen-bond acceptors (Lipinski definition) is 3. The molecule has 3 nitrogen and oxygen atoms in total. The van der Waals surface area contributed by atoms with E-state index in [-0.39, 0.29) is 0 Å². The van der Waals surface area contributed by atoms with Gasteiger partial charge in [0.05, 0.1) is 0 Å². The summed E-state index contributed by atoms with van der Waals surface area (Å²) in [5.74, 6) is 2.16. The lowest BCUT2D eigenvalue weighted by Gasteiger charge is -2.10. The Balaban J connectivity index is 1.75. The molecule has 0 bridgehead atoms. The van der Waals surface area contributed by atoms with E-state index < -0.39 is 0 Å². The molecule has 4 heteroatoms. The molecule has 0 aromatic heterocycles. The maximum Gasteiger partial charge on any atom is 0.122 e. The van der Waals surface area contributed by atoms with E-state index >= 15 is 0 Å². The molecule has 22 heavy (non-hydrogen) atoms. The summed E-state index contributed by atoms with van der Waals surface area (Å²) >= 11 is 4.91. The molecule has 0 fully saturated rings. The largest absolute Gasteiger partial charge is 0.490 e. The van der Waals surface area contributed by atoms with Crippen molar-refractivity contribution in [2.45, 2.75) is 19.8 Å². The second-order valence-corrected chi connectivity index (χ2v) is 5.75. The zero-order chi connectivity index (χ0) is 15.9. The molecule has 0 unspecified atom stereocenters. The van der Waals surface area contributed by atoms with Crippen molar-refractivity contribution < 1.29 is 9.47 Å². The smallest absolute Gasteiger partial charge is 0.122 e. The highest BCUT2D eigenvalue weighted by Gasteiger charge is 2.00. The molecule has 2 aromatic rings. The minimum absolute atomic E-state index is 0.389. The van der Waals surface area contributed by atoms with Gasteiger partial charge in [-0.15, -0.1) is 0 Å². The molecule has 0 heterocycles. The van der Waals surface area contributed by atoms with Gasteiger partial charge in [0.15, 0.2) is 0 Å². The van der Waals surface area contributed by atoms with E-state index in [9.17, 15) is 0 Å². The Bertz CT molecular complexity index is 606. The van der Waals surface area contributed by atoms with Crippen LogP contribution in [0.3, 0.4) is 0 Å². The average molecular weight is 315 g/mol. The first kappa shape index (κ1) is 16.3. The van der Waals surface area contributed by atoms with Crippen LogP contribution in [0, 0.1) is 0 Å². The van der Waals surface area contributed by atoms with Crippen LogP contribution >= 0.6 is 12.2 Å². The van der Waals surface area contributed by atoms with Crippen molar-refractivity contribution in [2.75, 3.05) is 13.2 Å². The summed E-state index contributed by atoms with van der Waals surface area (Å²) in [6, 6.07) is 15.6. The van der Waals surface area contributed by atoms with Crippen molar-refractivity contribution in [3.63, 3.8) is 0 Å². The van der Waals surface area contributed by atoms with Gasteiger partial charge in [0.2, 0.25) is 0 Å². The molecule has 0 atom stereocenters. The highest BCUT2D eigenvalue weighted by molar-refractivity contribution is 7.80. The molecule has 0 amide bonds. The summed E-state index contributed by atoms with van der Waals surface area (Å²) in [6.45, 7) is 5.33. The van der Waals surface area contributed by atoms with Crippen LogP contribution < -0.4 is 15.2 Å². The van der Waals surface area contributed by atoms with E-state index in [0.29, 0.717) is 24.1 Å². The van der Waals surface area contributed by atoms with Gasteiger partial charge >= 0.3 is 0 Å². The lowest BCUT2D eigenvalue weighted by atomic mass is 10.0. The predicted molar refractivity (Wildman–Crippen MR) is 93.9 cm³/mol. The van der Waals surface area contributed by atoms with Gasteiger partial charge in [-0.2, -0.15) is 0 Å². The van der Waals surface area contributed by atoms with Crippen molar-refractivity contribution in [1.82, 2.24) is 0 Å². The molecule has 2 N–H and O–H groups in total. The molecular weight excluding hydrogens is 294 g/mol. The van der Waals surface area contributed by atoms with Gasteiger partial charge in [-0.3, -0.25) is 0 Å². The van der Waals surface area contributed by atoms with E-state index in [1.54, 1.807) is 0 Å². The highest BCUT2D eigenvalue weighted by atomic mass is 32.1. The Kier molecular flexibility index (Phi) is 5.78. The number of nitrogens with two attached hydrogens (primary N) is 1. The van der Waals surface area contributed by atoms with Crippen LogP contribution in [0.2, 0.25) is 0 Å². The fourth-order valence-electron chi connectivity index (χ4n) is 1.98. The van der Waals surface area contributed by atoms with Crippen LogP contribution in [0.15, 0.2) is 48.5 Å². The van der Waals surface area contributed by atoms with Crippen LogP contribution in [-0.2, 0) is 0 Å². The summed E-state index contributed by atoms with van der Waals surface area (Å²) < 4.78 is 11.3. The van der Waals surface area contributed by atoms with Crippen molar-refractivity contribution in [2.24, 2.45) is 5.73 Å². The number of ether oxygens (including phenoxy) is 2. The molecule has 0 aliphatic carbocycles. The van der Waals surface area contributed by atoms with Gasteiger partial charge in [-0.1, -0.05) is 38.2 Å². The Labute approximate surface area is 137 Å². The summed E-state index contributed by atoms with van der Waals surface area (Å²) in [5.41, 5.74) is 7.69. The third kappa shape index (κ3) is 4.74. The molecule has 0 radical (unpaired) electrons. The van der Waals surface area contributed by atoms with E-state index in [1.165, 1.54) is 5.56 Å². The van der Waals surface area contributed by atoms with Gasteiger partial charge < -0.3 is 15.2 Å². The van der Waals surface area contributed by atoms with Crippen molar-refractivity contribution in [3.05, 3.63) is 59.7 Å². The molecule has 0 spiro atoms. The van der Waals surface area contributed by atoms with Gasteiger partial charge in [0.25, 0.3) is 0 Å². The second-order valence-electron chi connectivity index (χ2n) is 5.31. The van der Waals surface area contributed by atoms with E-state index in [1.807, 2.05) is 36.4 Å². The maximum absolute atomic E-state index is 5.66. The SMILES string of the molecule is CC(C)c1ccc(OCCOc2ccc(C(N)=S)cc2)cc1. The molecule has 0 saturated heterocycles. The van der Waals surface area contributed by atoms with Gasteiger partial charge in [-0.25, -0.2) is 0 Å². The zero-order valence-electron chi connectivity index (χ0n) is 12.9. The number of rotatable bonds is 7. The molecule has 2 rings (SSSR count). The Morgan fingerprint density at radius 1 is 0.909 bits per heavy atom. The fourth-order valence-corrected chi connectivity index (χ4v) is 2.12. The molecular formula is C18H21NO2S. The fraction of sp³-hybridized carbons (Fsp3) is 0.278. The predicted octanol–water partition coefficient (Wildman–Crippen LogP) is 3.90. The first-order valence-corrected chi connectivity index (χ1v) is 7.72. The van der Waals surface area contributed by atoms with Crippen LogP contribution in [0.1, 0.15) is 30.9 Å². The van der Waals surface area contributed by atoms with Gasteiger partial charge in [0.1, 0.15) is 29.7 Å². The minimum Gasteiger partial charge on any atom is -0.490 e. The summed E-state index contributed by atoms with van der Waals surface area (Å²) in [4.78, 5) is 0.389. The summed E-state index contributed by atoms with van der Waals surface area (Å²) in [5, 5.41) is 0. The monoisotopic (exact) mass is 315 g/mol. The number of benzene rings is 2. The quantitative estimate of drug-likeness (QED) is 0.621. The molecule has 0 aliphatic rings. The molecule has 0 aliphatic heterocycles. The van der Waals surface area contributed by atoms with Crippen LogP contribution in [-0.4, -0.2) is 18.2 Å². The van der Waals surface area contributed by atoms with E-state index in [4.69, 9.17) is 27.4 Å². The van der Waals surface area contributed by atoms with Gasteiger partial charge in [-0.05, 0) is 47.9 Å².